The molecule has 2 N–H and O–H groups in total. The Hall–Kier alpha value is -0.820. The maximum absolute atomic E-state index is 12.7. The van der Waals surface area contributed by atoms with E-state index >= 15 is 0 Å². The molecular weight excluding hydrogens is 300 g/mol. The number of nitrogens with zero attached hydrogens (tertiary/aromatic N) is 1. The Morgan fingerprint density at radius 1 is 1.35 bits per heavy atom. The Labute approximate surface area is 126 Å². The van der Waals surface area contributed by atoms with Crippen LogP contribution in [0.15, 0.2) is 17.0 Å². The summed E-state index contributed by atoms with van der Waals surface area (Å²) in [4.78, 5) is 0.238. The zero-order chi connectivity index (χ0) is 14.2. The minimum Gasteiger partial charge on any atom is -0.495 e. The Balaban J connectivity index is 0.00000200. The van der Waals surface area contributed by atoms with E-state index in [1.54, 1.807) is 6.07 Å². The van der Waals surface area contributed by atoms with E-state index in [0.29, 0.717) is 25.3 Å². The molecule has 0 aromatic heterocycles. The van der Waals surface area contributed by atoms with E-state index in [2.05, 4.69) is 0 Å². The standard InChI is InChI=1S/C13H20N2O3S.ClH/c1-9-6-10(2)13(18-3)12(7-9)19(16,17)15-5-4-11(14)8-15;/h6-7,11H,4-5,8,14H2,1-3H3;1H. The van der Waals surface area contributed by atoms with E-state index in [1.165, 1.54) is 11.4 Å². The van der Waals surface area contributed by atoms with Gasteiger partial charge in [0.2, 0.25) is 10.0 Å². The van der Waals surface area contributed by atoms with Crippen LogP contribution in [-0.2, 0) is 10.0 Å². The molecule has 1 unspecified atom stereocenters. The van der Waals surface area contributed by atoms with Gasteiger partial charge in [-0.25, -0.2) is 8.42 Å². The molecule has 0 bridgehead atoms. The fraction of sp³-hybridized carbons (Fsp3) is 0.538. The number of hydrogen-bond donors (Lipinski definition) is 1. The molecule has 1 aliphatic heterocycles. The van der Waals surface area contributed by atoms with Gasteiger partial charge in [0.25, 0.3) is 0 Å². The van der Waals surface area contributed by atoms with Gasteiger partial charge in [0, 0.05) is 19.1 Å². The van der Waals surface area contributed by atoms with Crippen LogP contribution in [0.25, 0.3) is 0 Å². The quantitative estimate of drug-likeness (QED) is 0.915. The molecule has 7 heteroatoms. The van der Waals surface area contributed by atoms with E-state index in [1.807, 2.05) is 19.9 Å². The number of methoxy groups -OCH3 is 1. The first-order chi connectivity index (χ1) is 8.86. The molecule has 114 valence electrons. The number of halogens is 1. The number of ether oxygens (including phenoxy) is 1. The van der Waals surface area contributed by atoms with E-state index in [4.69, 9.17) is 10.5 Å². The van der Waals surface area contributed by atoms with Gasteiger partial charge in [-0.1, -0.05) is 6.07 Å². The highest BCUT2D eigenvalue weighted by Gasteiger charge is 2.33. The molecule has 0 aliphatic carbocycles. The topological polar surface area (TPSA) is 72.6 Å². The van der Waals surface area contributed by atoms with Crippen LogP contribution in [0.4, 0.5) is 0 Å². The summed E-state index contributed by atoms with van der Waals surface area (Å²) in [7, 11) is -2.04. The molecule has 5 nitrogen and oxygen atoms in total. The fourth-order valence-corrected chi connectivity index (χ4v) is 4.31. The Bertz CT molecular complexity index is 590. The normalized spacial score (nSPS) is 19.7. The van der Waals surface area contributed by atoms with Gasteiger partial charge in [-0.2, -0.15) is 4.31 Å². The summed E-state index contributed by atoms with van der Waals surface area (Å²) >= 11 is 0. The predicted molar refractivity (Wildman–Crippen MR) is 81.1 cm³/mol. The first-order valence-corrected chi connectivity index (χ1v) is 7.71. The van der Waals surface area contributed by atoms with Gasteiger partial charge < -0.3 is 10.5 Å². The predicted octanol–water partition coefficient (Wildman–Crippen LogP) is 1.46. The third kappa shape index (κ3) is 3.09. The van der Waals surface area contributed by atoms with Crippen LogP contribution in [-0.4, -0.2) is 39.0 Å². The van der Waals surface area contributed by atoms with E-state index in [-0.39, 0.29) is 23.3 Å². The lowest BCUT2D eigenvalue weighted by Crippen LogP contribution is -2.32. The third-order valence-corrected chi connectivity index (χ3v) is 5.26. The highest BCUT2D eigenvalue weighted by atomic mass is 35.5. The molecule has 1 fully saturated rings. The lowest BCUT2D eigenvalue weighted by Gasteiger charge is -2.19. The minimum atomic E-state index is -3.53. The molecule has 1 aromatic carbocycles. The molecule has 0 radical (unpaired) electrons. The van der Waals surface area contributed by atoms with Crippen LogP contribution in [0, 0.1) is 13.8 Å². The summed E-state index contributed by atoms with van der Waals surface area (Å²) in [6, 6.07) is 3.49. The number of sulfonamides is 1. The second kappa shape index (κ2) is 6.30. The van der Waals surface area contributed by atoms with Crippen LogP contribution in [0.1, 0.15) is 17.5 Å². The third-order valence-electron chi connectivity index (χ3n) is 3.39. The van der Waals surface area contributed by atoms with Gasteiger partial charge in [-0.05, 0) is 37.5 Å². The zero-order valence-corrected chi connectivity index (χ0v) is 13.6. The summed E-state index contributed by atoms with van der Waals surface area (Å²) in [5, 5.41) is 0. The maximum atomic E-state index is 12.7. The summed E-state index contributed by atoms with van der Waals surface area (Å²) < 4.78 is 32.0. The molecule has 1 aromatic rings. The van der Waals surface area contributed by atoms with Crippen molar-refractivity contribution in [1.29, 1.82) is 0 Å². The van der Waals surface area contributed by atoms with Crippen LogP contribution in [0.5, 0.6) is 5.75 Å². The van der Waals surface area contributed by atoms with Gasteiger partial charge in [-0.3, -0.25) is 0 Å². The summed E-state index contributed by atoms with van der Waals surface area (Å²) in [5.74, 6) is 0.422. The molecule has 2 rings (SSSR count). The van der Waals surface area contributed by atoms with Crippen molar-refractivity contribution in [2.75, 3.05) is 20.2 Å². The molecule has 1 heterocycles. The number of aryl methyl sites for hydroxylation is 2. The maximum Gasteiger partial charge on any atom is 0.246 e. The van der Waals surface area contributed by atoms with Crippen molar-refractivity contribution >= 4 is 22.4 Å². The number of nitrogens with two attached hydrogens (primary N) is 1. The van der Waals surface area contributed by atoms with Gasteiger partial charge >= 0.3 is 0 Å². The monoisotopic (exact) mass is 320 g/mol. The number of benzene rings is 1. The highest BCUT2D eigenvalue weighted by molar-refractivity contribution is 7.89. The van der Waals surface area contributed by atoms with Crippen LogP contribution in [0.3, 0.4) is 0 Å². The average Bonchev–Trinajstić information content (AvgIpc) is 2.75. The van der Waals surface area contributed by atoms with E-state index < -0.39 is 10.0 Å². The smallest absolute Gasteiger partial charge is 0.246 e. The molecule has 0 saturated carbocycles. The average molecular weight is 321 g/mol. The van der Waals surface area contributed by atoms with Crippen LogP contribution < -0.4 is 10.5 Å². The molecule has 20 heavy (non-hydrogen) atoms. The SMILES string of the molecule is COc1c(C)cc(C)cc1S(=O)(=O)N1CCC(N)C1.Cl. The van der Waals surface area contributed by atoms with Crippen molar-refractivity contribution in [3.63, 3.8) is 0 Å². The zero-order valence-electron chi connectivity index (χ0n) is 11.9. The first-order valence-electron chi connectivity index (χ1n) is 6.27. The van der Waals surface area contributed by atoms with Crippen molar-refractivity contribution in [3.05, 3.63) is 23.3 Å². The second-order valence-electron chi connectivity index (χ2n) is 5.03. The van der Waals surface area contributed by atoms with Crippen molar-refractivity contribution in [1.82, 2.24) is 4.31 Å². The summed E-state index contributed by atoms with van der Waals surface area (Å²) in [5.41, 5.74) is 7.52. The largest absolute Gasteiger partial charge is 0.495 e. The number of hydrogen-bond acceptors (Lipinski definition) is 4. The molecule has 1 atom stereocenters. The molecule has 0 amide bonds. The van der Waals surface area contributed by atoms with E-state index in [0.717, 1.165) is 11.1 Å². The van der Waals surface area contributed by atoms with Crippen LogP contribution in [0.2, 0.25) is 0 Å². The number of rotatable bonds is 3. The lowest BCUT2D eigenvalue weighted by atomic mass is 10.1. The Morgan fingerprint density at radius 3 is 2.50 bits per heavy atom. The van der Waals surface area contributed by atoms with Crippen molar-refractivity contribution in [3.8, 4) is 5.75 Å². The molecular formula is C13H21ClN2O3S. The molecule has 1 aliphatic rings. The summed E-state index contributed by atoms with van der Waals surface area (Å²) in [6.07, 6.45) is 0.701. The summed E-state index contributed by atoms with van der Waals surface area (Å²) in [6.45, 7) is 4.57. The van der Waals surface area contributed by atoms with Crippen molar-refractivity contribution in [2.45, 2.75) is 31.2 Å². The van der Waals surface area contributed by atoms with Gasteiger partial charge in [-0.15, -0.1) is 12.4 Å². The van der Waals surface area contributed by atoms with Crippen molar-refractivity contribution in [2.24, 2.45) is 5.73 Å². The van der Waals surface area contributed by atoms with E-state index in [9.17, 15) is 8.42 Å². The fourth-order valence-electron chi connectivity index (χ4n) is 2.48. The van der Waals surface area contributed by atoms with Gasteiger partial charge in [0.05, 0.1) is 7.11 Å². The highest BCUT2D eigenvalue weighted by Crippen LogP contribution is 2.32. The van der Waals surface area contributed by atoms with Crippen LogP contribution >= 0.6 is 12.4 Å². The first kappa shape index (κ1) is 17.2. The van der Waals surface area contributed by atoms with Gasteiger partial charge in [0.15, 0.2) is 0 Å². The van der Waals surface area contributed by atoms with Gasteiger partial charge in [0.1, 0.15) is 10.6 Å². The lowest BCUT2D eigenvalue weighted by molar-refractivity contribution is 0.395. The molecule has 0 spiro atoms. The second-order valence-corrected chi connectivity index (χ2v) is 6.93. The minimum absolute atomic E-state index is 0. The Kier molecular flexibility index (Phi) is 5.43. The molecule has 1 saturated heterocycles. The van der Waals surface area contributed by atoms with Crippen molar-refractivity contribution < 1.29 is 13.2 Å². The Morgan fingerprint density at radius 2 is 2.00 bits per heavy atom.